The Labute approximate surface area is 89.2 Å². The number of rotatable bonds is 2. The molecule has 0 aliphatic carbocycles. The summed E-state index contributed by atoms with van der Waals surface area (Å²) in [5.41, 5.74) is 4.33. The summed E-state index contributed by atoms with van der Waals surface area (Å²) in [6.07, 6.45) is 2.34. The van der Waals surface area contributed by atoms with Crippen molar-refractivity contribution in [1.29, 1.82) is 0 Å². The van der Waals surface area contributed by atoms with Crippen LogP contribution in [0.4, 0.5) is 5.69 Å². The molecule has 2 rings (SSSR count). The molecule has 0 aromatic heterocycles. The molecule has 15 heavy (non-hydrogen) atoms. The third-order valence-electron chi connectivity index (χ3n) is 2.67. The SMILES string of the molecule is CC(C)C1=Nc2cccc(C=NO)c2C1. The monoisotopic (exact) mass is 202 g/mol. The molecule has 3 heteroatoms. The maximum Gasteiger partial charge on any atom is 0.0737 e. The molecule has 1 aliphatic rings. The molecule has 1 heterocycles. The van der Waals surface area contributed by atoms with E-state index in [9.17, 15) is 0 Å². The van der Waals surface area contributed by atoms with Crippen LogP contribution < -0.4 is 0 Å². The van der Waals surface area contributed by atoms with Gasteiger partial charge in [-0.2, -0.15) is 0 Å². The van der Waals surface area contributed by atoms with Gasteiger partial charge in [0, 0.05) is 17.7 Å². The van der Waals surface area contributed by atoms with Crippen molar-refractivity contribution in [2.75, 3.05) is 0 Å². The summed E-state index contributed by atoms with van der Waals surface area (Å²) < 4.78 is 0. The van der Waals surface area contributed by atoms with Crippen molar-refractivity contribution in [3.05, 3.63) is 29.3 Å². The average Bonchev–Trinajstić information content (AvgIpc) is 2.63. The minimum absolute atomic E-state index is 0.469. The molecule has 0 amide bonds. The van der Waals surface area contributed by atoms with E-state index in [1.54, 1.807) is 0 Å². The Morgan fingerprint density at radius 3 is 2.93 bits per heavy atom. The summed E-state index contributed by atoms with van der Waals surface area (Å²) >= 11 is 0. The molecule has 0 atom stereocenters. The Hall–Kier alpha value is -1.64. The lowest BCUT2D eigenvalue weighted by atomic mass is 9.99. The molecule has 1 aliphatic heterocycles. The van der Waals surface area contributed by atoms with Crippen molar-refractivity contribution in [1.82, 2.24) is 0 Å². The summed E-state index contributed by atoms with van der Waals surface area (Å²) in [7, 11) is 0. The zero-order chi connectivity index (χ0) is 10.8. The van der Waals surface area contributed by atoms with E-state index in [4.69, 9.17) is 5.21 Å². The first-order valence-electron chi connectivity index (χ1n) is 5.09. The third-order valence-corrected chi connectivity index (χ3v) is 2.67. The fourth-order valence-electron chi connectivity index (χ4n) is 1.78. The predicted octanol–water partition coefficient (Wildman–Crippen LogP) is 2.78. The van der Waals surface area contributed by atoms with Gasteiger partial charge in [0.2, 0.25) is 0 Å². The van der Waals surface area contributed by atoms with Crippen molar-refractivity contribution >= 4 is 17.6 Å². The summed E-state index contributed by atoms with van der Waals surface area (Å²) in [5.74, 6) is 0.469. The molecule has 0 saturated heterocycles. The zero-order valence-electron chi connectivity index (χ0n) is 8.94. The number of oxime groups is 1. The van der Waals surface area contributed by atoms with E-state index < -0.39 is 0 Å². The van der Waals surface area contributed by atoms with Crippen molar-refractivity contribution in [2.24, 2.45) is 16.1 Å². The van der Waals surface area contributed by atoms with Crippen molar-refractivity contribution in [2.45, 2.75) is 20.3 Å². The lowest BCUT2D eigenvalue weighted by molar-refractivity contribution is 0.322. The average molecular weight is 202 g/mol. The standard InChI is InChI=1S/C12H14N2O/c1-8(2)12-6-10-9(7-13-15)4-3-5-11(10)14-12/h3-5,7-8,15H,6H2,1-2H3. The molecule has 1 aromatic rings. The Balaban J connectivity index is 2.40. The summed E-state index contributed by atoms with van der Waals surface area (Å²) in [4.78, 5) is 4.57. The number of hydrogen-bond donors (Lipinski definition) is 1. The van der Waals surface area contributed by atoms with Crippen LogP contribution in [0.3, 0.4) is 0 Å². The molecule has 0 spiro atoms. The minimum Gasteiger partial charge on any atom is -0.411 e. The Morgan fingerprint density at radius 2 is 2.27 bits per heavy atom. The summed E-state index contributed by atoms with van der Waals surface area (Å²) in [6, 6.07) is 5.87. The minimum atomic E-state index is 0.469. The second kappa shape index (κ2) is 3.85. The van der Waals surface area contributed by atoms with Gasteiger partial charge in [-0.05, 0) is 17.5 Å². The molecule has 0 saturated carbocycles. The highest BCUT2D eigenvalue weighted by Crippen LogP contribution is 2.30. The Morgan fingerprint density at radius 1 is 1.47 bits per heavy atom. The molecule has 0 unspecified atom stereocenters. The largest absolute Gasteiger partial charge is 0.411 e. The molecule has 3 nitrogen and oxygen atoms in total. The van der Waals surface area contributed by atoms with E-state index in [1.165, 1.54) is 17.5 Å². The van der Waals surface area contributed by atoms with Crippen molar-refractivity contribution < 1.29 is 5.21 Å². The van der Waals surface area contributed by atoms with Crippen LogP contribution in [-0.2, 0) is 6.42 Å². The van der Waals surface area contributed by atoms with Gasteiger partial charge in [-0.1, -0.05) is 31.1 Å². The van der Waals surface area contributed by atoms with Gasteiger partial charge < -0.3 is 5.21 Å². The highest BCUT2D eigenvalue weighted by atomic mass is 16.4. The fraction of sp³-hybridized carbons (Fsp3) is 0.333. The van der Waals surface area contributed by atoms with Crippen LogP contribution in [0.15, 0.2) is 28.3 Å². The van der Waals surface area contributed by atoms with E-state index in [1.807, 2.05) is 18.2 Å². The normalized spacial score (nSPS) is 14.7. The molecular weight excluding hydrogens is 188 g/mol. The number of hydrogen-bond acceptors (Lipinski definition) is 3. The molecule has 0 fully saturated rings. The molecule has 0 radical (unpaired) electrons. The second-order valence-corrected chi connectivity index (χ2v) is 4.02. The first kappa shape index (κ1) is 9.90. The van der Waals surface area contributed by atoms with Gasteiger partial charge in [-0.25, -0.2) is 0 Å². The molecule has 1 aromatic carbocycles. The lowest BCUT2D eigenvalue weighted by Gasteiger charge is -2.03. The van der Waals surface area contributed by atoms with Gasteiger partial charge in [0.15, 0.2) is 0 Å². The van der Waals surface area contributed by atoms with Gasteiger partial charge in [0.05, 0.1) is 11.9 Å². The quantitative estimate of drug-likeness (QED) is 0.447. The smallest absolute Gasteiger partial charge is 0.0737 e. The number of fused-ring (bicyclic) bond motifs is 1. The van der Waals surface area contributed by atoms with Gasteiger partial charge in [-0.15, -0.1) is 0 Å². The first-order valence-corrected chi connectivity index (χ1v) is 5.09. The topological polar surface area (TPSA) is 45.0 Å². The fourth-order valence-corrected chi connectivity index (χ4v) is 1.78. The highest BCUT2D eigenvalue weighted by molar-refractivity contribution is 5.98. The van der Waals surface area contributed by atoms with E-state index in [2.05, 4.69) is 24.0 Å². The third kappa shape index (κ3) is 1.77. The van der Waals surface area contributed by atoms with E-state index in [0.717, 1.165) is 17.7 Å². The van der Waals surface area contributed by atoms with Gasteiger partial charge in [0.1, 0.15) is 0 Å². The van der Waals surface area contributed by atoms with Crippen molar-refractivity contribution in [3.63, 3.8) is 0 Å². The maximum atomic E-state index is 8.56. The molecule has 0 bridgehead atoms. The number of benzene rings is 1. The first-order chi connectivity index (χ1) is 7.22. The summed E-state index contributed by atoms with van der Waals surface area (Å²) in [6.45, 7) is 4.29. The number of aliphatic imine (C=N–C) groups is 1. The van der Waals surface area contributed by atoms with Gasteiger partial charge in [-0.3, -0.25) is 4.99 Å². The van der Waals surface area contributed by atoms with Crippen LogP contribution in [0.25, 0.3) is 0 Å². The van der Waals surface area contributed by atoms with Crippen LogP contribution in [0.2, 0.25) is 0 Å². The number of nitrogens with zero attached hydrogens (tertiary/aromatic N) is 2. The van der Waals surface area contributed by atoms with Gasteiger partial charge in [0.25, 0.3) is 0 Å². The van der Waals surface area contributed by atoms with Crippen LogP contribution in [0.5, 0.6) is 0 Å². The lowest BCUT2D eigenvalue weighted by Crippen LogP contribution is -2.07. The zero-order valence-corrected chi connectivity index (χ0v) is 8.94. The van der Waals surface area contributed by atoms with E-state index in [-0.39, 0.29) is 0 Å². The Kier molecular flexibility index (Phi) is 2.54. The maximum absolute atomic E-state index is 8.56. The van der Waals surface area contributed by atoms with Crippen LogP contribution >= 0.6 is 0 Å². The molecule has 1 N–H and O–H groups in total. The van der Waals surface area contributed by atoms with Crippen LogP contribution in [0, 0.1) is 5.92 Å². The van der Waals surface area contributed by atoms with Crippen LogP contribution in [-0.4, -0.2) is 17.1 Å². The van der Waals surface area contributed by atoms with E-state index in [0.29, 0.717) is 5.92 Å². The van der Waals surface area contributed by atoms with E-state index >= 15 is 0 Å². The predicted molar refractivity (Wildman–Crippen MR) is 61.5 cm³/mol. The summed E-state index contributed by atoms with van der Waals surface area (Å²) in [5, 5.41) is 11.6. The highest BCUT2D eigenvalue weighted by Gasteiger charge is 2.18. The Bertz CT molecular complexity index is 433. The van der Waals surface area contributed by atoms with Crippen molar-refractivity contribution in [3.8, 4) is 0 Å². The van der Waals surface area contributed by atoms with Gasteiger partial charge >= 0.3 is 0 Å². The second-order valence-electron chi connectivity index (χ2n) is 4.02. The molecule has 78 valence electrons. The van der Waals surface area contributed by atoms with Crippen LogP contribution in [0.1, 0.15) is 25.0 Å². The molecular formula is C12H14N2O.